The van der Waals surface area contributed by atoms with Gasteiger partial charge in [0.2, 0.25) is 5.95 Å². The number of hydrogen-bond acceptors (Lipinski definition) is 9. The highest BCUT2D eigenvalue weighted by molar-refractivity contribution is 5.99. The normalized spacial score (nSPS) is 24.7. The van der Waals surface area contributed by atoms with Crippen LogP contribution < -0.4 is 10.9 Å². The minimum atomic E-state index is -0.650. The molecule has 2 N–H and O–H groups in total. The predicted molar refractivity (Wildman–Crippen MR) is 126 cm³/mol. The van der Waals surface area contributed by atoms with Crippen LogP contribution in [-0.4, -0.2) is 89.0 Å². The third-order valence-electron chi connectivity index (χ3n) is 7.63. The fourth-order valence-electron chi connectivity index (χ4n) is 5.87. The van der Waals surface area contributed by atoms with Gasteiger partial charge in [-0.3, -0.25) is 19.1 Å². The molecule has 2 saturated heterocycles. The largest absolute Gasteiger partial charge is 0.389 e. The van der Waals surface area contributed by atoms with E-state index in [1.807, 2.05) is 0 Å². The number of aromatic nitrogens is 3. The Morgan fingerprint density at radius 1 is 1.38 bits per heavy atom. The Morgan fingerprint density at radius 2 is 2.15 bits per heavy atom. The summed E-state index contributed by atoms with van der Waals surface area (Å²) >= 11 is 0. The van der Waals surface area contributed by atoms with E-state index in [0.717, 1.165) is 39.1 Å². The van der Waals surface area contributed by atoms with Crippen molar-refractivity contribution in [3.05, 3.63) is 27.7 Å². The van der Waals surface area contributed by atoms with Gasteiger partial charge < -0.3 is 19.9 Å². The molecule has 1 aliphatic carbocycles. The third kappa shape index (κ3) is 4.02. The first-order valence-electron chi connectivity index (χ1n) is 12.0. The maximum absolute atomic E-state index is 13.5. The fraction of sp³-hybridized carbons (Fsp3) is 0.667. The molecular weight excluding hydrogens is 438 g/mol. The quantitative estimate of drug-likeness (QED) is 0.573. The molecule has 2 atom stereocenters. The van der Waals surface area contributed by atoms with Crippen LogP contribution in [0, 0.1) is 12.3 Å². The third-order valence-corrected chi connectivity index (χ3v) is 7.63. The molecule has 10 nitrogen and oxygen atoms in total. The molecule has 184 valence electrons. The molecule has 0 aromatic carbocycles. The van der Waals surface area contributed by atoms with Gasteiger partial charge in [0.1, 0.15) is 5.65 Å². The predicted octanol–water partition coefficient (Wildman–Crippen LogP) is 1.15. The second-order valence-corrected chi connectivity index (χ2v) is 10.1. The number of rotatable bonds is 7. The van der Waals surface area contributed by atoms with Crippen LogP contribution in [0.3, 0.4) is 0 Å². The van der Waals surface area contributed by atoms with Gasteiger partial charge in [-0.05, 0) is 44.1 Å². The lowest BCUT2D eigenvalue weighted by Crippen LogP contribution is -2.63. The van der Waals surface area contributed by atoms with Gasteiger partial charge in [0, 0.05) is 51.0 Å². The number of carbonyl (C=O) groups excluding carboxylic acids is 1. The first kappa shape index (κ1) is 23.3. The molecule has 2 aliphatic heterocycles. The monoisotopic (exact) mass is 471 g/mol. The van der Waals surface area contributed by atoms with E-state index in [4.69, 9.17) is 14.5 Å². The number of Topliss-reactive ketones (excluding diaryl/α,β-unsaturated/α-hetero) is 1. The van der Waals surface area contributed by atoms with Crippen LogP contribution in [0.2, 0.25) is 0 Å². The van der Waals surface area contributed by atoms with Crippen LogP contribution in [0.1, 0.15) is 48.1 Å². The first-order valence-corrected chi connectivity index (χ1v) is 12.0. The fourth-order valence-corrected chi connectivity index (χ4v) is 5.87. The Hall–Kier alpha value is -2.40. The number of aliphatic hydroxyl groups excluding tert-OH is 1. The maximum atomic E-state index is 13.5. The molecular formula is C24H33N5O5. The molecule has 2 aromatic heterocycles. The number of likely N-dealkylation sites (tertiary alicyclic amines) is 1. The van der Waals surface area contributed by atoms with Crippen molar-refractivity contribution >= 4 is 22.8 Å². The van der Waals surface area contributed by atoms with E-state index in [9.17, 15) is 14.7 Å². The number of hydrogen-bond donors (Lipinski definition) is 2. The summed E-state index contributed by atoms with van der Waals surface area (Å²) in [5.41, 5.74) is 1.33. The van der Waals surface area contributed by atoms with Crippen LogP contribution >= 0.6 is 0 Å². The molecule has 0 bridgehead atoms. The van der Waals surface area contributed by atoms with Crippen molar-refractivity contribution in [1.29, 1.82) is 0 Å². The summed E-state index contributed by atoms with van der Waals surface area (Å²) in [6.45, 7) is 7.70. The minimum absolute atomic E-state index is 0.00491. The first-order chi connectivity index (χ1) is 16.3. The number of nitrogens with one attached hydrogen (secondary N) is 1. The number of aryl methyl sites for hydroxylation is 1. The maximum Gasteiger partial charge on any atom is 0.263 e. The highest BCUT2D eigenvalue weighted by Gasteiger charge is 2.53. The van der Waals surface area contributed by atoms with E-state index in [1.165, 1.54) is 6.92 Å². The van der Waals surface area contributed by atoms with E-state index in [2.05, 4.69) is 15.2 Å². The van der Waals surface area contributed by atoms with Crippen LogP contribution in [0.5, 0.6) is 0 Å². The summed E-state index contributed by atoms with van der Waals surface area (Å²) in [7, 11) is 1.71. The van der Waals surface area contributed by atoms with Crippen molar-refractivity contribution in [3.63, 3.8) is 0 Å². The molecule has 5 rings (SSSR count). The number of nitrogens with zero attached hydrogens (tertiary/aromatic N) is 4. The summed E-state index contributed by atoms with van der Waals surface area (Å²) in [5.74, 6) is 0.124. The van der Waals surface area contributed by atoms with E-state index in [1.54, 1.807) is 24.8 Å². The van der Waals surface area contributed by atoms with Gasteiger partial charge in [-0.25, -0.2) is 4.98 Å². The van der Waals surface area contributed by atoms with Gasteiger partial charge in [0.15, 0.2) is 5.78 Å². The van der Waals surface area contributed by atoms with Gasteiger partial charge in [0.25, 0.3) is 5.56 Å². The number of fused-ring (bicyclic) bond motifs is 1. The summed E-state index contributed by atoms with van der Waals surface area (Å²) < 4.78 is 12.2. The lowest BCUT2D eigenvalue weighted by Gasteiger charge is -2.59. The van der Waals surface area contributed by atoms with Gasteiger partial charge >= 0.3 is 0 Å². The molecule has 2 aromatic rings. The molecule has 34 heavy (non-hydrogen) atoms. The Balaban J connectivity index is 1.47. The highest BCUT2D eigenvalue weighted by Crippen LogP contribution is 2.54. The number of aliphatic hydroxyl groups is 1. The van der Waals surface area contributed by atoms with Gasteiger partial charge in [-0.15, -0.1) is 0 Å². The molecule has 0 unspecified atom stereocenters. The van der Waals surface area contributed by atoms with Gasteiger partial charge in [-0.2, -0.15) is 4.98 Å². The number of pyridine rings is 1. The Morgan fingerprint density at radius 3 is 2.82 bits per heavy atom. The van der Waals surface area contributed by atoms with Crippen molar-refractivity contribution in [2.45, 2.75) is 51.3 Å². The van der Waals surface area contributed by atoms with Crippen LogP contribution in [-0.2, 0) is 9.47 Å². The molecule has 1 saturated carbocycles. The molecule has 1 spiro atoms. The van der Waals surface area contributed by atoms with E-state index >= 15 is 0 Å². The Kier molecular flexibility index (Phi) is 6.18. The number of ether oxygens (including phenoxy) is 2. The zero-order chi connectivity index (χ0) is 24.0. The second kappa shape index (κ2) is 8.99. The summed E-state index contributed by atoms with van der Waals surface area (Å²) in [5, 5.41) is 14.2. The van der Waals surface area contributed by atoms with Crippen molar-refractivity contribution < 1.29 is 19.4 Å². The van der Waals surface area contributed by atoms with Crippen LogP contribution in [0.4, 0.5) is 5.95 Å². The van der Waals surface area contributed by atoms with Crippen molar-refractivity contribution in [2.75, 3.05) is 51.9 Å². The Labute approximate surface area is 198 Å². The molecule has 10 heteroatoms. The molecule has 0 amide bonds. The molecule has 3 aliphatic rings. The smallest absolute Gasteiger partial charge is 0.263 e. The zero-order valence-corrected chi connectivity index (χ0v) is 20.0. The van der Waals surface area contributed by atoms with Crippen LogP contribution in [0.25, 0.3) is 11.0 Å². The summed E-state index contributed by atoms with van der Waals surface area (Å²) in [6.07, 6.45) is 3.44. The van der Waals surface area contributed by atoms with E-state index in [0.29, 0.717) is 35.6 Å². The standard InChI is InChI=1S/C24H33N5O5/c1-14-17-10-25-23(26-18-4-6-34-11-19(18)31)27-21(17)29(22(32)20(14)15(2)30)16-8-24(9-16)12-28(13-24)5-7-33-3/h10,16,18-19,31H,4-9,11-13H2,1-3H3,(H,25,26,27)/t18-,19-/m1/s1. The zero-order valence-electron chi connectivity index (χ0n) is 20.0. The number of anilines is 1. The average Bonchev–Trinajstić information content (AvgIpc) is 2.74. The average molecular weight is 472 g/mol. The minimum Gasteiger partial charge on any atom is -0.389 e. The lowest BCUT2D eigenvalue weighted by atomic mass is 9.60. The van der Waals surface area contributed by atoms with E-state index < -0.39 is 6.10 Å². The molecule has 0 radical (unpaired) electrons. The number of carbonyl (C=O) groups is 1. The van der Waals surface area contributed by atoms with Crippen molar-refractivity contribution in [2.24, 2.45) is 5.41 Å². The van der Waals surface area contributed by atoms with Crippen molar-refractivity contribution in [1.82, 2.24) is 19.4 Å². The molecule has 3 fully saturated rings. The topological polar surface area (TPSA) is 119 Å². The summed E-state index contributed by atoms with van der Waals surface area (Å²) in [6, 6.07) is -0.223. The highest BCUT2D eigenvalue weighted by atomic mass is 16.5. The SMILES string of the molecule is COCCN1CC2(CC(n3c(=O)c(C(C)=O)c(C)c4cnc(N[C@@H]5CCOC[C@H]5O)nc43)C2)C1. The number of methoxy groups -OCH3 is 1. The number of ketones is 1. The lowest BCUT2D eigenvalue weighted by molar-refractivity contribution is -0.0939. The Bertz CT molecular complexity index is 1150. The van der Waals surface area contributed by atoms with E-state index in [-0.39, 0.29) is 41.0 Å². The summed E-state index contributed by atoms with van der Waals surface area (Å²) in [4.78, 5) is 37.5. The van der Waals surface area contributed by atoms with Crippen LogP contribution in [0.15, 0.2) is 11.0 Å². The molecule has 4 heterocycles. The van der Waals surface area contributed by atoms with Gasteiger partial charge in [-0.1, -0.05) is 0 Å². The van der Waals surface area contributed by atoms with Gasteiger partial charge in [0.05, 0.1) is 30.9 Å². The second-order valence-electron chi connectivity index (χ2n) is 10.1. The van der Waals surface area contributed by atoms with Crippen molar-refractivity contribution in [3.8, 4) is 0 Å².